The van der Waals surface area contributed by atoms with Crippen molar-refractivity contribution in [3.8, 4) is 5.69 Å². The third kappa shape index (κ3) is 3.91. The van der Waals surface area contributed by atoms with E-state index in [2.05, 4.69) is 15.3 Å². The zero-order valence-corrected chi connectivity index (χ0v) is 14.7. The molecular formula is C16H20ClN5O3. The number of halogens is 1. The number of tetrazole rings is 1. The highest BCUT2D eigenvalue weighted by molar-refractivity contribution is 6.32. The second-order valence-corrected chi connectivity index (χ2v) is 6.32. The number of hydrogen-bond donors (Lipinski definition) is 0. The minimum Gasteiger partial charge on any atom is -0.466 e. The minimum atomic E-state index is -0.347. The molecule has 2 aromatic rings. The summed E-state index contributed by atoms with van der Waals surface area (Å²) in [7, 11) is 0. The van der Waals surface area contributed by atoms with Crippen LogP contribution in [0.4, 0.5) is 0 Å². The van der Waals surface area contributed by atoms with Gasteiger partial charge in [0.25, 0.3) is 0 Å². The number of para-hydroxylation sites is 1. The number of nitrogens with zero attached hydrogens (tertiary/aromatic N) is 5. The summed E-state index contributed by atoms with van der Waals surface area (Å²) < 4.78 is 7.55. The summed E-state index contributed by atoms with van der Waals surface area (Å²) in [6.07, 6.45) is 1.43. The van der Waals surface area contributed by atoms with E-state index in [1.807, 2.05) is 6.92 Å². The SMILES string of the molecule is CCOC(=O)C1CCN(Cn2nnn(-c3ccccc3Cl)c2=O)CC1. The van der Waals surface area contributed by atoms with Gasteiger partial charge >= 0.3 is 11.7 Å². The maximum atomic E-state index is 12.5. The lowest BCUT2D eigenvalue weighted by Gasteiger charge is -2.29. The van der Waals surface area contributed by atoms with Crippen molar-refractivity contribution in [1.82, 2.24) is 24.7 Å². The molecule has 0 atom stereocenters. The third-order valence-corrected chi connectivity index (χ3v) is 4.58. The molecule has 8 nitrogen and oxygen atoms in total. The predicted molar refractivity (Wildman–Crippen MR) is 91.6 cm³/mol. The summed E-state index contributed by atoms with van der Waals surface area (Å²) in [5.74, 6) is -0.198. The van der Waals surface area contributed by atoms with Gasteiger partial charge in [0.1, 0.15) is 6.67 Å². The second-order valence-electron chi connectivity index (χ2n) is 5.91. The topological polar surface area (TPSA) is 82.2 Å². The van der Waals surface area contributed by atoms with Crippen molar-refractivity contribution < 1.29 is 9.53 Å². The molecule has 1 saturated heterocycles. The smallest absolute Gasteiger partial charge is 0.369 e. The van der Waals surface area contributed by atoms with Gasteiger partial charge in [0.05, 0.1) is 23.2 Å². The van der Waals surface area contributed by atoms with Gasteiger partial charge in [-0.25, -0.2) is 4.79 Å². The van der Waals surface area contributed by atoms with Crippen LogP contribution in [0.3, 0.4) is 0 Å². The Morgan fingerprint density at radius 3 is 2.68 bits per heavy atom. The Bertz CT molecular complexity index is 795. The van der Waals surface area contributed by atoms with E-state index in [4.69, 9.17) is 16.3 Å². The Morgan fingerprint density at radius 2 is 2.00 bits per heavy atom. The first-order valence-electron chi connectivity index (χ1n) is 8.27. The van der Waals surface area contributed by atoms with Crippen molar-refractivity contribution in [2.45, 2.75) is 26.4 Å². The fraction of sp³-hybridized carbons (Fsp3) is 0.500. The largest absolute Gasteiger partial charge is 0.466 e. The molecule has 3 rings (SSSR count). The number of aromatic nitrogens is 4. The monoisotopic (exact) mass is 365 g/mol. The zero-order chi connectivity index (χ0) is 17.8. The number of piperidine rings is 1. The number of carbonyl (C=O) groups is 1. The van der Waals surface area contributed by atoms with Crippen molar-refractivity contribution in [3.63, 3.8) is 0 Å². The third-order valence-electron chi connectivity index (χ3n) is 4.26. The molecule has 1 aromatic carbocycles. The highest BCUT2D eigenvalue weighted by Crippen LogP contribution is 2.19. The summed E-state index contributed by atoms with van der Waals surface area (Å²) in [4.78, 5) is 26.3. The van der Waals surface area contributed by atoms with E-state index < -0.39 is 0 Å². The zero-order valence-electron chi connectivity index (χ0n) is 14.0. The van der Waals surface area contributed by atoms with Crippen LogP contribution < -0.4 is 5.69 Å². The Morgan fingerprint density at radius 1 is 1.28 bits per heavy atom. The average molecular weight is 366 g/mol. The quantitative estimate of drug-likeness (QED) is 0.743. The highest BCUT2D eigenvalue weighted by Gasteiger charge is 2.26. The van der Waals surface area contributed by atoms with Gasteiger partial charge in [-0.1, -0.05) is 23.7 Å². The van der Waals surface area contributed by atoms with Crippen molar-refractivity contribution in [2.24, 2.45) is 5.92 Å². The van der Waals surface area contributed by atoms with E-state index in [-0.39, 0.29) is 17.6 Å². The number of esters is 1. The molecule has 0 N–H and O–H groups in total. The molecule has 0 amide bonds. The number of hydrogen-bond acceptors (Lipinski definition) is 6. The summed E-state index contributed by atoms with van der Waals surface area (Å²) in [6.45, 7) is 3.95. The molecule has 0 saturated carbocycles. The minimum absolute atomic E-state index is 0.0632. The molecule has 1 fully saturated rings. The van der Waals surface area contributed by atoms with Gasteiger partial charge in [-0.05, 0) is 42.3 Å². The molecule has 9 heteroatoms. The van der Waals surface area contributed by atoms with Crippen LogP contribution in [0.5, 0.6) is 0 Å². The molecule has 2 heterocycles. The fourth-order valence-electron chi connectivity index (χ4n) is 2.90. The van der Waals surface area contributed by atoms with Gasteiger partial charge in [-0.3, -0.25) is 9.69 Å². The van der Waals surface area contributed by atoms with Crippen LogP contribution in [0.25, 0.3) is 5.69 Å². The lowest BCUT2D eigenvalue weighted by Crippen LogP contribution is -2.40. The first-order chi connectivity index (χ1) is 12.1. The van der Waals surface area contributed by atoms with Crippen LogP contribution in [-0.4, -0.2) is 50.4 Å². The van der Waals surface area contributed by atoms with Crippen molar-refractivity contribution in [1.29, 1.82) is 0 Å². The molecule has 1 aliphatic rings. The van der Waals surface area contributed by atoms with Crippen LogP contribution in [0.2, 0.25) is 5.02 Å². The van der Waals surface area contributed by atoms with E-state index in [1.165, 1.54) is 9.36 Å². The van der Waals surface area contributed by atoms with Gasteiger partial charge < -0.3 is 4.74 Å². The fourth-order valence-corrected chi connectivity index (χ4v) is 3.11. The molecule has 0 spiro atoms. The van der Waals surface area contributed by atoms with Crippen molar-refractivity contribution >= 4 is 17.6 Å². The molecule has 0 unspecified atom stereocenters. The van der Waals surface area contributed by atoms with E-state index in [9.17, 15) is 9.59 Å². The van der Waals surface area contributed by atoms with E-state index in [0.717, 1.165) is 0 Å². The molecular weight excluding hydrogens is 346 g/mol. The summed E-state index contributed by atoms with van der Waals surface area (Å²) >= 11 is 6.11. The number of benzene rings is 1. The lowest BCUT2D eigenvalue weighted by molar-refractivity contribution is -0.149. The van der Waals surface area contributed by atoms with Crippen LogP contribution in [0.1, 0.15) is 19.8 Å². The lowest BCUT2D eigenvalue weighted by atomic mass is 9.97. The van der Waals surface area contributed by atoms with Gasteiger partial charge in [0.15, 0.2) is 0 Å². The normalized spacial score (nSPS) is 16.1. The molecule has 25 heavy (non-hydrogen) atoms. The summed E-state index contributed by atoms with van der Waals surface area (Å²) in [5, 5.41) is 8.28. The summed E-state index contributed by atoms with van der Waals surface area (Å²) in [5.41, 5.74) is 0.155. The second kappa shape index (κ2) is 7.79. The van der Waals surface area contributed by atoms with Crippen molar-refractivity contribution in [3.05, 3.63) is 39.8 Å². The average Bonchev–Trinajstić information content (AvgIpc) is 2.97. The van der Waals surface area contributed by atoms with Crippen molar-refractivity contribution in [2.75, 3.05) is 19.7 Å². The van der Waals surface area contributed by atoms with E-state index in [1.54, 1.807) is 24.3 Å². The van der Waals surface area contributed by atoms with Crippen LogP contribution in [-0.2, 0) is 16.2 Å². The van der Waals surface area contributed by atoms with Gasteiger partial charge in [0.2, 0.25) is 0 Å². The maximum Gasteiger partial charge on any atom is 0.369 e. The summed E-state index contributed by atoms with van der Waals surface area (Å²) in [6, 6.07) is 6.98. The molecule has 1 aliphatic heterocycles. The number of ether oxygens (including phenoxy) is 1. The number of rotatable bonds is 5. The maximum absolute atomic E-state index is 12.5. The first kappa shape index (κ1) is 17.6. The highest BCUT2D eigenvalue weighted by atomic mass is 35.5. The Balaban J connectivity index is 1.65. The Kier molecular flexibility index (Phi) is 5.50. The van der Waals surface area contributed by atoms with E-state index >= 15 is 0 Å². The van der Waals surface area contributed by atoms with Crippen LogP contribution >= 0.6 is 11.6 Å². The van der Waals surface area contributed by atoms with Gasteiger partial charge in [-0.15, -0.1) is 0 Å². The predicted octanol–water partition coefficient (Wildman–Crippen LogP) is 1.31. The first-order valence-corrected chi connectivity index (χ1v) is 8.64. The van der Waals surface area contributed by atoms with Gasteiger partial charge in [-0.2, -0.15) is 9.36 Å². The van der Waals surface area contributed by atoms with E-state index in [0.29, 0.717) is 49.9 Å². The number of carbonyl (C=O) groups excluding carboxylic acids is 1. The van der Waals surface area contributed by atoms with Gasteiger partial charge in [0, 0.05) is 13.1 Å². The molecule has 0 aliphatic carbocycles. The molecule has 0 radical (unpaired) electrons. The molecule has 1 aromatic heterocycles. The standard InChI is InChI=1S/C16H20ClN5O3/c1-2-25-15(23)12-7-9-20(10-8-12)11-21-16(24)22(19-18-21)14-6-4-3-5-13(14)17/h3-6,12H,2,7-11H2,1H3. The Hall–Kier alpha value is -2.19. The van der Waals surface area contributed by atoms with Crippen LogP contribution in [0, 0.1) is 5.92 Å². The number of likely N-dealkylation sites (tertiary alicyclic amines) is 1. The molecule has 134 valence electrons. The molecule has 0 bridgehead atoms. The van der Waals surface area contributed by atoms with Crippen LogP contribution in [0.15, 0.2) is 29.1 Å². The Labute approximate surface area is 149 Å².